The van der Waals surface area contributed by atoms with E-state index in [4.69, 9.17) is 0 Å². The number of hydrogen-bond donors (Lipinski definition) is 2. The molecule has 0 amide bonds. The molecule has 0 bridgehead atoms. The molecular formula is C10H13F2NO2. The Kier molecular flexibility index (Phi) is 4.45. The Bertz CT molecular complexity index is 307. The van der Waals surface area contributed by atoms with Gasteiger partial charge in [-0.15, -0.1) is 0 Å². The van der Waals surface area contributed by atoms with Crippen LogP contribution in [0.25, 0.3) is 0 Å². The van der Waals surface area contributed by atoms with E-state index in [0.717, 1.165) is 0 Å². The maximum absolute atomic E-state index is 11.9. The highest BCUT2D eigenvalue weighted by Crippen LogP contribution is 2.20. The molecule has 0 fully saturated rings. The van der Waals surface area contributed by atoms with Gasteiger partial charge in [0.15, 0.2) is 0 Å². The van der Waals surface area contributed by atoms with Crippen molar-refractivity contribution in [2.75, 3.05) is 13.6 Å². The van der Waals surface area contributed by atoms with Crippen LogP contribution in [0.2, 0.25) is 0 Å². The van der Waals surface area contributed by atoms with E-state index >= 15 is 0 Å². The number of halogens is 2. The summed E-state index contributed by atoms with van der Waals surface area (Å²) in [6, 6.07) is 6.03. The molecule has 1 atom stereocenters. The second kappa shape index (κ2) is 5.63. The van der Waals surface area contributed by atoms with Crippen molar-refractivity contribution in [1.29, 1.82) is 0 Å². The third kappa shape index (κ3) is 3.81. The molecule has 0 saturated carbocycles. The average Bonchev–Trinajstić information content (AvgIpc) is 2.17. The van der Waals surface area contributed by atoms with Crippen LogP contribution in [-0.2, 0) is 0 Å². The van der Waals surface area contributed by atoms with Gasteiger partial charge in [0.1, 0.15) is 5.75 Å². The Balaban J connectivity index is 2.73. The minimum atomic E-state index is -2.85. The maximum atomic E-state index is 11.9. The fourth-order valence-corrected chi connectivity index (χ4v) is 1.21. The maximum Gasteiger partial charge on any atom is 0.387 e. The topological polar surface area (TPSA) is 41.5 Å². The quantitative estimate of drug-likeness (QED) is 0.786. The van der Waals surface area contributed by atoms with E-state index in [1.54, 1.807) is 19.2 Å². The largest absolute Gasteiger partial charge is 0.435 e. The molecule has 0 spiro atoms. The smallest absolute Gasteiger partial charge is 0.387 e. The van der Waals surface area contributed by atoms with E-state index in [2.05, 4.69) is 10.1 Å². The standard InChI is InChI=1S/C10H13F2NO2/c1-13-6-9(14)7-3-2-4-8(5-7)15-10(11)12/h2-5,9-10,13-14H,6H2,1H3. The third-order valence-corrected chi connectivity index (χ3v) is 1.87. The summed E-state index contributed by atoms with van der Waals surface area (Å²) < 4.78 is 28.0. The molecule has 1 aromatic carbocycles. The third-order valence-electron chi connectivity index (χ3n) is 1.87. The van der Waals surface area contributed by atoms with Crippen molar-refractivity contribution in [3.8, 4) is 5.75 Å². The summed E-state index contributed by atoms with van der Waals surface area (Å²) >= 11 is 0. The number of aliphatic hydroxyl groups excluding tert-OH is 1. The van der Waals surface area contributed by atoms with Crippen LogP contribution in [0.15, 0.2) is 24.3 Å². The first-order chi connectivity index (χ1) is 7.13. The minimum absolute atomic E-state index is 0.0534. The van der Waals surface area contributed by atoms with Crippen LogP contribution in [0.5, 0.6) is 5.75 Å². The highest BCUT2D eigenvalue weighted by molar-refractivity contribution is 5.30. The zero-order chi connectivity index (χ0) is 11.3. The molecule has 5 heteroatoms. The summed E-state index contributed by atoms with van der Waals surface area (Å²) in [6.07, 6.45) is -0.726. The Morgan fingerprint density at radius 3 is 2.80 bits per heavy atom. The fraction of sp³-hybridized carbons (Fsp3) is 0.400. The van der Waals surface area contributed by atoms with Crippen LogP contribution in [-0.4, -0.2) is 25.3 Å². The fourth-order valence-electron chi connectivity index (χ4n) is 1.21. The Morgan fingerprint density at radius 2 is 2.20 bits per heavy atom. The summed E-state index contributed by atoms with van der Waals surface area (Å²) in [6.45, 7) is -2.49. The van der Waals surface area contributed by atoms with Crippen LogP contribution in [0.3, 0.4) is 0 Å². The molecular weight excluding hydrogens is 204 g/mol. The predicted octanol–water partition coefficient (Wildman–Crippen LogP) is 1.54. The first-order valence-corrected chi connectivity index (χ1v) is 4.51. The van der Waals surface area contributed by atoms with Crippen molar-refractivity contribution < 1.29 is 18.6 Å². The van der Waals surface area contributed by atoms with Gasteiger partial charge in [0.2, 0.25) is 0 Å². The van der Waals surface area contributed by atoms with Crippen molar-refractivity contribution in [1.82, 2.24) is 5.32 Å². The normalized spacial score (nSPS) is 12.9. The van der Waals surface area contributed by atoms with Crippen LogP contribution in [0.4, 0.5) is 8.78 Å². The molecule has 0 heterocycles. The van der Waals surface area contributed by atoms with Crippen LogP contribution in [0.1, 0.15) is 11.7 Å². The molecule has 0 saturated heterocycles. The highest BCUT2D eigenvalue weighted by atomic mass is 19.3. The highest BCUT2D eigenvalue weighted by Gasteiger charge is 2.09. The number of alkyl halides is 2. The van der Waals surface area contributed by atoms with E-state index in [0.29, 0.717) is 12.1 Å². The van der Waals surface area contributed by atoms with Gasteiger partial charge in [-0.3, -0.25) is 0 Å². The number of aliphatic hydroxyl groups is 1. The average molecular weight is 217 g/mol. The number of ether oxygens (including phenoxy) is 1. The molecule has 2 N–H and O–H groups in total. The summed E-state index contributed by atoms with van der Waals surface area (Å²) in [5, 5.41) is 12.4. The van der Waals surface area contributed by atoms with Gasteiger partial charge in [-0.05, 0) is 24.7 Å². The number of nitrogens with one attached hydrogen (secondary N) is 1. The monoisotopic (exact) mass is 217 g/mol. The number of benzene rings is 1. The lowest BCUT2D eigenvalue weighted by molar-refractivity contribution is -0.0499. The molecule has 1 aromatic rings. The summed E-state index contributed by atoms with van der Waals surface area (Å²) in [7, 11) is 1.70. The molecule has 0 aliphatic carbocycles. The SMILES string of the molecule is CNCC(O)c1cccc(OC(F)F)c1. The Labute approximate surface area is 86.7 Å². The van der Waals surface area contributed by atoms with Crippen molar-refractivity contribution in [2.45, 2.75) is 12.7 Å². The van der Waals surface area contributed by atoms with Gasteiger partial charge < -0.3 is 15.2 Å². The Morgan fingerprint density at radius 1 is 1.47 bits per heavy atom. The van der Waals surface area contributed by atoms with E-state index in [1.807, 2.05) is 0 Å². The first kappa shape index (κ1) is 11.9. The van der Waals surface area contributed by atoms with E-state index in [1.165, 1.54) is 12.1 Å². The number of hydrogen-bond acceptors (Lipinski definition) is 3. The minimum Gasteiger partial charge on any atom is -0.435 e. The van der Waals surface area contributed by atoms with Gasteiger partial charge >= 0.3 is 6.61 Å². The zero-order valence-electron chi connectivity index (χ0n) is 8.28. The van der Waals surface area contributed by atoms with Crippen molar-refractivity contribution in [3.63, 3.8) is 0 Å². The van der Waals surface area contributed by atoms with Gasteiger partial charge in [-0.25, -0.2) is 0 Å². The van der Waals surface area contributed by atoms with Crippen LogP contribution >= 0.6 is 0 Å². The molecule has 84 valence electrons. The molecule has 0 aliphatic heterocycles. The summed E-state index contributed by atoms with van der Waals surface area (Å²) in [4.78, 5) is 0. The summed E-state index contributed by atoms with van der Waals surface area (Å²) in [5.41, 5.74) is 0.544. The molecule has 3 nitrogen and oxygen atoms in total. The van der Waals surface area contributed by atoms with E-state index < -0.39 is 12.7 Å². The van der Waals surface area contributed by atoms with Crippen molar-refractivity contribution in [3.05, 3.63) is 29.8 Å². The molecule has 1 unspecified atom stereocenters. The lowest BCUT2D eigenvalue weighted by atomic mass is 10.1. The zero-order valence-corrected chi connectivity index (χ0v) is 8.28. The number of rotatable bonds is 5. The van der Waals surface area contributed by atoms with Crippen molar-refractivity contribution >= 4 is 0 Å². The number of likely N-dealkylation sites (N-methyl/N-ethyl adjacent to an activating group) is 1. The Hall–Kier alpha value is -1.20. The van der Waals surface area contributed by atoms with E-state index in [-0.39, 0.29) is 5.75 Å². The van der Waals surface area contributed by atoms with Gasteiger partial charge in [0, 0.05) is 6.54 Å². The molecule has 0 aromatic heterocycles. The van der Waals surface area contributed by atoms with Gasteiger partial charge in [0.05, 0.1) is 6.10 Å². The van der Waals surface area contributed by atoms with Crippen LogP contribution in [0, 0.1) is 0 Å². The molecule has 1 rings (SSSR count). The second-order valence-electron chi connectivity index (χ2n) is 3.02. The predicted molar refractivity (Wildman–Crippen MR) is 52.0 cm³/mol. The van der Waals surface area contributed by atoms with E-state index in [9.17, 15) is 13.9 Å². The second-order valence-corrected chi connectivity index (χ2v) is 3.02. The van der Waals surface area contributed by atoms with Crippen LogP contribution < -0.4 is 10.1 Å². The molecule has 15 heavy (non-hydrogen) atoms. The lowest BCUT2D eigenvalue weighted by Gasteiger charge is -2.11. The summed E-state index contributed by atoms with van der Waals surface area (Å²) in [5.74, 6) is 0.0534. The van der Waals surface area contributed by atoms with Gasteiger partial charge in [-0.1, -0.05) is 12.1 Å². The molecule has 0 aliphatic rings. The lowest BCUT2D eigenvalue weighted by Crippen LogP contribution is -2.16. The van der Waals surface area contributed by atoms with Crippen molar-refractivity contribution in [2.24, 2.45) is 0 Å². The van der Waals surface area contributed by atoms with Gasteiger partial charge in [0.25, 0.3) is 0 Å². The van der Waals surface area contributed by atoms with Gasteiger partial charge in [-0.2, -0.15) is 8.78 Å². The molecule has 0 radical (unpaired) electrons. The first-order valence-electron chi connectivity index (χ1n) is 4.51.